The molecule has 0 unspecified atom stereocenters. The molecule has 1 amide bonds. The average molecular weight is 547 g/mol. The van der Waals surface area contributed by atoms with Crippen LogP contribution in [-0.2, 0) is 13.1 Å². The van der Waals surface area contributed by atoms with Crippen molar-refractivity contribution in [2.75, 3.05) is 5.32 Å². The van der Waals surface area contributed by atoms with Crippen molar-refractivity contribution in [3.8, 4) is 11.3 Å². The minimum atomic E-state index is -0.0929. The van der Waals surface area contributed by atoms with E-state index in [4.69, 9.17) is 16.6 Å². The van der Waals surface area contributed by atoms with Gasteiger partial charge in [-0.3, -0.25) is 4.79 Å². The first-order chi connectivity index (χ1) is 17.1. The maximum Gasteiger partial charge on any atom is 0.251 e. The van der Waals surface area contributed by atoms with Gasteiger partial charge < -0.3 is 10.6 Å². The van der Waals surface area contributed by atoms with Gasteiger partial charge >= 0.3 is 0 Å². The topological polar surface area (TPSA) is 71.3 Å². The number of hydrogen-bond acceptors (Lipinski definition) is 4. The number of rotatable bonds is 7. The molecule has 0 radical (unpaired) electrons. The molecule has 2 aromatic heterocycles. The summed E-state index contributed by atoms with van der Waals surface area (Å²) in [4.78, 5) is 17.1. The zero-order chi connectivity index (χ0) is 24.2. The lowest BCUT2D eigenvalue weighted by Crippen LogP contribution is -2.22. The Morgan fingerprint density at radius 3 is 2.46 bits per heavy atom. The molecule has 6 nitrogen and oxygen atoms in total. The Morgan fingerprint density at radius 1 is 0.914 bits per heavy atom. The highest BCUT2D eigenvalue weighted by molar-refractivity contribution is 9.10. The standard InChI is InChI=1S/C27H21BrClN5O/c28-22-17-32-34-25(14-24(33-26(22)34)21-11-4-5-12-23(21)29)30-15-18-7-6-8-19(13-18)16-31-27(35)20-9-2-1-3-10-20/h1-14,17,30H,15-16H2,(H,31,35). The number of benzene rings is 3. The van der Waals surface area contributed by atoms with Crippen molar-refractivity contribution in [3.05, 3.63) is 117 Å². The number of carbonyl (C=O) groups excluding carboxylic acids is 1. The van der Waals surface area contributed by atoms with Gasteiger partial charge in [-0.1, -0.05) is 72.3 Å². The van der Waals surface area contributed by atoms with E-state index in [-0.39, 0.29) is 5.91 Å². The van der Waals surface area contributed by atoms with Crippen LogP contribution in [0.2, 0.25) is 5.02 Å². The number of fused-ring (bicyclic) bond motifs is 1. The zero-order valence-electron chi connectivity index (χ0n) is 18.6. The first kappa shape index (κ1) is 23.1. The normalized spacial score (nSPS) is 10.9. The number of anilines is 1. The van der Waals surface area contributed by atoms with E-state index in [0.29, 0.717) is 29.3 Å². The van der Waals surface area contributed by atoms with Crippen LogP contribution in [0, 0.1) is 0 Å². The first-order valence-electron chi connectivity index (χ1n) is 11.0. The molecule has 5 rings (SSSR count). The molecule has 0 saturated heterocycles. The van der Waals surface area contributed by atoms with Crippen molar-refractivity contribution in [3.63, 3.8) is 0 Å². The van der Waals surface area contributed by atoms with Gasteiger partial charge in [-0.05, 0) is 45.3 Å². The Hall–Kier alpha value is -3.68. The number of hydrogen-bond donors (Lipinski definition) is 2. The molecule has 0 aliphatic rings. The van der Waals surface area contributed by atoms with Gasteiger partial charge in [-0.2, -0.15) is 9.61 Å². The second-order valence-electron chi connectivity index (χ2n) is 7.96. The lowest BCUT2D eigenvalue weighted by Gasteiger charge is -2.12. The summed E-state index contributed by atoms with van der Waals surface area (Å²) in [6, 6.07) is 26.9. The lowest BCUT2D eigenvalue weighted by molar-refractivity contribution is 0.0951. The molecule has 174 valence electrons. The predicted octanol–water partition coefficient (Wildman–Crippen LogP) is 6.35. The maximum absolute atomic E-state index is 12.4. The van der Waals surface area contributed by atoms with Gasteiger partial charge in [0.25, 0.3) is 5.91 Å². The first-order valence-corrected chi connectivity index (χ1v) is 12.2. The van der Waals surface area contributed by atoms with Gasteiger partial charge in [-0.15, -0.1) is 0 Å². The fourth-order valence-corrected chi connectivity index (χ4v) is 4.37. The SMILES string of the molecule is O=C(NCc1cccc(CNc2cc(-c3ccccc3Cl)nc3c(Br)cnn23)c1)c1ccccc1. The Morgan fingerprint density at radius 2 is 1.66 bits per heavy atom. The number of nitrogens with one attached hydrogen (secondary N) is 2. The van der Waals surface area contributed by atoms with E-state index in [1.165, 1.54) is 0 Å². The number of nitrogens with zero attached hydrogens (tertiary/aromatic N) is 3. The van der Waals surface area contributed by atoms with Crippen LogP contribution in [0.1, 0.15) is 21.5 Å². The van der Waals surface area contributed by atoms with Crippen molar-refractivity contribution >= 4 is 44.9 Å². The van der Waals surface area contributed by atoms with Gasteiger partial charge in [0.15, 0.2) is 5.65 Å². The predicted molar refractivity (Wildman–Crippen MR) is 143 cm³/mol. The van der Waals surface area contributed by atoms with Crippen molar-refractivity contribution in [1.82, 2.24) is 19.9 Å². The van der Waals surface area contributed by atoms with E-state index in [9.17, 15) is 4.79 Å². The summed E-state index contributed by atoms with van der Waals surface area (Å²) < 4.78 is 2.56. The molecule has 35 heavy (non-hydrogen) atoms. The summed E-state index contributed by atoms with van der Waals surface area (Å²) in [6.45, 7) is 1.02. The Bertz CT molecular complexity index is 1500. The third kappa shape index (κ3) is 5.21. The quantitative estimate of drug-likeness (QED) is 0.249. The highest BCUT2D eigenvalue weighted by Gasteiger charge is 2.13. The minimum absolute atomic E-state index is 0.0929. The molecule has 0 fully saturated rings. The summed E-state index contributed by atoms with van der Waals surface area (Å²) in [7, 11) is 0. The van der Waals surface area contributed by atoms with Crippen LogP contribution >= 0.6 is 27.5 Å². The van der Waals surface area contributed by atoms with Crippen LogP contribution in [-0.4, -0.2) is 20.5 Å². The molecule has 2 heterocycles. The molecular weight excluding hydrogens is 526 g/mol. The second kappa shape index (κ2) is 10.3. The number of halogens is 2. The van der Waals surface area contributed by atoms with Gasteiger partial charge in [-0.25, -0.2) is 4.98 Å². The third-order valence-electron chi connectivity index (χ3n) is 5.53. The van der Waals surface area contributed by atoms with Gasteiger partial charge in [0.2, 0.25) is 0 Å². The Kier molecular flexibility index (Phi) is 6.79. The smallest absolute Gasteiger partial charge is 0.251 e. The summed E-state index contributed by atoms with van der Waals surface area (Å²) >= 11 is 9.97. The molecule has 0 spiro atoms. The van der Waals surface area contributed by atoms with Crippen molar-refractivity contribution in [2.24, 2.45) is 0 Å². The molecule has 3 aromatic carbocycles. The molecule has 8 heteroatoms. The van der Waals surface area contributed by atoms with E-state index >= 15 is 0 Å². The number of amides is 1. The molecular formula is C27H21BrClN5O. The largest absolute Gasteiger partial charge is 0.366 e. The number of carbonyl (C=O) groups is 1. The summed E-state index contributed by atoms with van der Waals surface area (Å²) in [5, 5.41) is 11.5. The summed E-state index contributed by atoms with van der Waals surface area (Å²) in [5.41, 5.74) is 5.04. The molecule has 0 aliphatic carbocycles. The lowest BCUT2D eigenvalue weighted by atomic mass is 10.1. The van der Waals surface area contributed by atoms with E-state index in [2.05, 4.69) is 37.7 Å². The third-order valence-corrected chi connectivity index (χ3v) is 6.42. The molecule has 0 bridgehead atoms. The zero-order valence-corrected chi connectivity index (χ0v) is 20.9. The minimum Gasteiger partial charge on any atom is -0.366 e. The summed E-state index contributed by atoms with van der Waals surface area (Å²) in [5.74, 6) is 0.697. The molecule has 2 N–H and O–H groups in total. The van der Waals surface area contributed by atoms with Crippen LogP contribution in [0.4, 0.5) is 5.82 Å². The van der Waals surface area contributed by atoms with Crippen LogP contribution in [0.15, 0.2) is 95.6 Å². The maximum atomic E-state index is 12.4. The Balaban J connectivity index is 1.34. The van der Waals surface area contributed by atoms with E-state index in [0.717, 1.165) is 32.7 Å². The Labute approximate surface area is 216 Å². The van der Waals surface area contributed by atoms with Crippen LogP contribution < -0.4 is 10.6 Å². The van der Waals surface area contributed by atoms with Crippen molar-refractivity contribution in [2.45, 2.75) is 13.1 Å². The van der Waals surface area contributed by atoms with Gasteiger partial charge in [0.05, 0.1) is 16.4 Å². The fraction of sp³-hybridized carbons (Fsp3) is 0.0741. The van der Waals surface area contributed by atoms with Crippen molar-refractivity contribution in [1.29, 1.82) is 0 Å². The van der Waals surface area contributed by atoms with Crippen LogP contribution in [0.3, 0.4) is 0 Å². The number of aromatic nitrogens is 3. The van der Waals surface area contributed by atoms with Gasteiger partial charge in [0.1, 0.15) is 5.82 Å². The van der Waals surface area contributed by atoms with Crippen LogP contribution in [0.25, 0.3) is 16.9 Å². The highest BCUT2D eigenvalue weighted by atomic mass is 79.9. The van der Waals surface area contributed by atoms with Gasteiger partial charge in [0, 0.05) is 35.3 Å². The molecule has 0 aliphatic heterocycles. The second-order valence-corrected chi connectivity index (χ2v) is 9.22. The molecule has 0 atom stereocenters. The molecule has 5 aromatic rings. The monoisotopic (exact) mass is 545 g/mol. The summed E-state index contributed by atoms with van der Waals surface area (Å²) in [6.07, 6.45) is 1.72. The highest BCUT2D eigenvalue weighted by Crippen LogP contribution is 2.30. The van der Waals surface area contributed by atoms with Crippen LogP contribution in [0.5, 0.6) is 0 Å². The van der Waals surface area contributed by atoms with E-state index < -0.39 is 0 Å². The van der Waals surface area contributed by atoms with E-state index in [1.54, 1.807) is 22.8 Å². The fourth-order valence-electron chi connectivity index (χ4n) is 3.79. The average Bonchev–Trinajstić information content (AvgIpc) is 3.27. The van der Waals surface area contributed by atoms with Crippen molar-refractivity contribution < 1.29 is 4.79 Å². The van der Waals surface area contributed by atoms with E-state index in [1.807, 2.05) is 66.7 Å². The molecule has 0 saturated carbocycles.